The van der Waals surface area contributed by atoms with Gasteiger partial charge in [0.2, 0.25) is 5.91 Å². The molecule has 0 bridgehead atoms. The van der Waals surface area contributed by atoms with Crippen molar-refractivity contribution in [1.82, 2.24) is 24.1 Å². The quantitative estimate of drug-likeness (QED) is 0.581. The molecule has 3 heterocycles. The summed E-state index contributed by atoms with van der Waals surface area (Å²) in [6, 6.07) is 6.03. The van der Waals surface area contributed by atoms with E-state index in [0.29, 0.717) is 50.5 Å². The molecule has 0 saturated carbocycles. The van der Waals surface area contributed by atoms with Gasteiger partial charge in [-0.2, -0.15) is 5.10 Å². The molecular formula is C21H28FN5O3S2. The van der Waals surface area contributed by atoms with Crippen molar-refractivity contribution < 1.29 is 17.6 Å². The van der Waals surface area contributed by atoms with Crippen LogP contribution in [0.5, 0.6) is 0 Å². The maximum absolute atomic E-state index is 13.0. The smallest absolute Gasteiger partial charge is 0.227 e. The second-order valence-electron chi connectivity index (χ2n) is 8.67. The van der Waals surface area contributed by atoms with Gasteiger partial charge in [-0.15, -0.1) is 0 Å². The van der Waals surface area contributed by atoms with E-state index in [1.54, 1.807) is 16.8 Å². The lowest BCUT2D eigenvalue weighted by atomic mass is 10.1. The van der Waals surface area contributed by atoms with Crippen LogP contribution in [0.3, 0.4) is 0 Å². The van der Waals surface area contributed by atoms with Crippen LogP contribution in [0.25, 0.3) is 0 Å². The van der Waals surface area contributed by atoms with Crippen molar-refractivity contribution in [2.75, 3.05) is 37.7 Å². The Morgan fingerprint density at radius 1 is 1.19 bits per heavy atom. The summed E-state index contributed by atoms with van der Waals surface area (Å²) in [5, 5.41) is 4.66. The van der Waals surface area contributed by atoms with Crippen LogP contribution in [0.2, 0.25) is 0 Å². The molecule has 11 heteroatoms. The Kier molecular flexibility index (Phi) is 6.78. The number of carbonyl (C=O) groups excluding carboxylic acids is 1. The zero-order valence-corrected chi connectivity index (χ0v) is 19.7. The van der Waals surface area contributed by atoms with E-state index < -0.39 is 9.84 Å². The fourth-order valence-electron chi connectivity index (χ4n) is 4.31. The standard InChI is InChI=1S/C21H28FN5O3S2/c1-24-19(12-17-6-11-32(29,30)14-17)23-27(21(24)31)15-25-7-9-26(10-8-25)20(28)13-16-2-4-18(22)5-3-16/h2-5,17H,6-15H2,1H3. The molecule has 2 aliphatic heterocycles. The van der Waals surface area contributed by atoms with E-state index in [0.717, 1.165) is 11.4 Å². The summed E-state index contributed by atoms with van der Waals surface area (Å²) in [7, 11) is -1.04. The lowest BCUT2D eigenvalue weighted by molar-refractivity contribution is -0.132. The molecule has 4 rings (SSSR count). The monoisotopic (exact) mass is 481 g/mol. The van der Waals surface area contributed by atoms with Crippen LogP contribution in [0, 0.1) is 16.5 Å². The van der Waals surface area contributed by atoms with Gasteiger partial charge in [-0.05, 0) is 42.3 Å². The van der Waals surface area contributed by atoms with Crippen molar-refractivity contribution in [1.29, 1.82) is 0 Å². The van der Waals surface area contributed by atoms with Crippen LogP contribution < -0.4 is 0 Å². The molecule has 8 nitrogen and oxygen atoms in total. The summed E-state index contributed by atoms with van der Waals surface area (Å²) in [6.07, 6.45) is 1.56. The lowest BCUT2D eigenvalue weighted by Gasteiger charge is -2.34. The predicted molar refractivity (Wildman–Crippen MR) is 121 cm³/mol. The third-order valence-electron chi connectivity index (χ3n) is 6.26. The van der Waals surface area contributed by atoms with Crippen LogP contribution in [0.1, 0.15) is 17.8 Å². The molecule has 32 heavy (non-hydrogen) atoms. The third-order valence-corrected chi connectivity index (χ3v) is 8.58. The van der Waals surface area contributed by atoms with Gasteiger partial charge in [0.25, 0.3) is 0 Å². The maximum Gasteiger partial charge on any atom is 0.227 e. The largest absolute Gasteiger partial charge is 0.340 e. The summed E-state index contributed by atoms with van der Waals surface area (Å²) in [5.41, 5.74) is 0.807. The fourth-order valence-corrected chi connectivity index (χ4v) is 6.38. The molecule has 2 saturated heterocycles. The van der Waals surface area contributed by atoms with Gasteiger partial charge < -0.3 is 9.47 Å². The van der Waals surface area contributed by atoms with Crippen molar-refractivity contribution in [3.05, 3.63) is 46.2 Å². The highest BCUT2D eigenvalue weighted by Crippen LogP contribution is 2.22. The van der Waals surface area contributed by atoms with Gasteiger partial charge >= 0.3 is 0 Å². The highest BCUT2D eigenvalue weighted by Gasteiger charge is 2.29. The number of piperazine rings is 1. The average molecular weight is 482 g/mol. The van der Waals surface area contributed by atoms with Gasteiger partial charge in [0.15, 0.2) is 14.6 Å². The molecule has 0 spiro atoms. The second-order valence-corrected chi connectivity index (χ2v) is 11.3. The fraction of sp³-hybridized carbons (Fsp3) is 0.571. The van der Waals surface area contributed by atoms with Crippen molar-refractivity contribution in [3.63, 3.8) is 0 Å². The van der Waals surface area contributed by atoms with Gasteiger partial charge in [0.1, 0.15) is 11.6 Å². The third kappa shape index (κ3) is 5.44. The van der Waals surface area contributed by atoms with E-state index in [4.69, 9.17) is 12.2 Å². The molecule has 174 valence electrons. The van der Waals surface area contributed by atoms with E-state index >= 15 is 0 Å². The molecule has 2 aliphatic rings. The molecule has 1 amide bonds. The van der Waals surface area contributed by atoms with Crippen LogP contribution in [0.4, 0.5) is 4.39 Å². The minimum atomic E-state index is -2.92. The normalized spacial score (nSPS) is 21.2. The molecule has 1 unspecified atom stereocenters. The van der Waals surface area contributed by atoms with Gasteiger partial charge in [-0.25, -0.2) is 17.5 Å². The summed E-state index contributed by atoms with van der Waals surface area (Å²) >= 11 is 5.54. The topological polar surface area (TPSA) is 80.4 Å². The minimum Gasteiger partial charge on any atom is -0.340 e. The molecule has 0 N–H and O–H groups in total. The summed E-state index contributed by atoms with van der Waals surface area (Å²) in [5.74, 6) is 1.12. The van der Waals surface area contributed by atoms with E-state index in [-0.39, 0.29) is 35.6 Å². The van der Waals surface area contributed by atoms with Crippen molar-refractivity contribution in [3.8, 4) is 0 Å². The van der Waals surface area contributed by atoms with E-state index in [2.05, 4.69) is 10.00 Å². The number of halogens is 1. The number of amides is 1. The Labute approximate surface area is 192 Å². The Morgan fingerprint density at radius 2 is 1.88 bits per heavy atom. The molecule has 1 aromatic carbocycles. The minimum absolute atomic E-state index is 0.0412. The lowest BCUT2D eigenvalue weighted by Crippen LogP contribution is -2.49. The van der Waals surface area contributed by atoms with Crippen LogP contribution in [0.15, 0.2) is 24.3 Å². The molecule has 1 atom stereocenters. The number of nitrogens with zero attached hydrogens (tertiary/aromatic N) is 5. The molecule has 0 aliphatic carbocycles. The Bertz CT molecular complexity index is 1140. The highest BCUT2D eigenvalue weighted by atomic mass is 32.2. The zero-order chi connectivity index (χ0) is 22.9. The first-order valence-electron chi connectivity index (χ1n) is 10.8. The summed E-state index contributed by atoms with van der Waals surface area (Å²) < 4.78 is 40.8. The van der Waals surface area contributed by atoms with Crippen molar-refractivity contribution in [2.24, 2.45) is 13.0 Å². The number of hydrogen-bond donors (Lipinski definition) is 0. The summed E-state index contributed by atoms with van der Waals surface area (Å²) in [4.78, 5) is 16.6. The van der Waals surface area contributed by atoms with Gasteiger partial charge in [0.05, 0.1) is 24.6 Å². The van der Waals surface area contributed by atoms with E-state index in [1.807, 2.05) is 16.5 Å². The SMILES string of the molecule is Cn1c(CC2CCS(=O)(=O)C2)nn(CN2CCN(C(=O)Cc3ccc(F)cc3)CC2)c1=S. The van der Waals surface area contributed by atoms with E-state index in [9.17, 15) is 17.6 Å². The second kappa shape index (κ2) is 9.40. The average Bonchev–Trinajstić information content (AvgIpc) is 3.23. The summed E-state index contributed by atoms with van der Waals surface area (Å²) in [6.45, 7) is 3.20. The van der Waals surface area contributed by atoms with Gasteiger partial charge in [-0.3, -0.25) is 9.69 Å². The van der Waals surface area contributed by atoms with Gasteiger partial charge in [0, 0.05) is 39.6 Å². The first kappa shape index (κ1) is 23.1. The maximum atomic E-state index is 13.0. The Morgan fingerprint density at radius 3 is 2.50 bits per heavy atom. The Hall–Kier alpha value is -2.11. The number of hydrogen-bond acceptors (Lipinski definition) is 6. The van der Waals surface area contributed by atoms with Crippen LogP contribution in [-0.2, 0) is 41.2 Å². The van der Waals surface area contributed by atoms with E-state index in [1.165, 1.54) is 12.1 Å². The molecule has 1 aromatic heterocycles. The van der Waals surface area contributed by atoms with Gasteiger partial charge in [-0.1, -0.05) is 12.1 Å². The zero-order valence-electron chi connectivity index (χ0n) is 18.1. The predicted octanol–water partition coefficient (Wildman–Crippen LogP) is 1.41. The number of carbonyl (C=O) groups is 1. The van der Waals surface area contributed by atoms with Crippen LogP contribution >= 0.6 is 12.2 Å². The van der Waals surface area contributed by atoms with Crippen molar-refractivity contribution >= 4 is 28.0 Å². The molecule has 2 aromatic rings. The first-order valence-corrected chi connectivity index (χ1v) is 13.0. The molecular weight excluding hydrogens is 453 g/mol. The number of benzene rings is 1. The number of sulfone groups is 1. The van der Waals surface area contributed by atoms with Crippen LogP contribution in [-0.4, -0.2) is 76.2 Å². The highest BCUT2D eigenvalue weighted by molar-refractivity contribution is 7.91. The first-order chi connectivity index (χ1) is 15.2. The molecule has 0 radical (unpaired) electrons. The number of rotatable bonds is 6. The molecule has 2 fully saturated rings. The van der Waals surface area contributed by atoms with Crippen molar-refractivity contribution in [2.45, 2.75) is 25.9 Å². The Balaban J connectivity index is 1.30. The number of aromatic nitrogens is 3.